The molecule has 154 valence electrons. The molecular formula is C22H24F2N2O3. The monoisotopic (exact) mass is 402 g/mol. The first-order valence-electron chi connectivity index (χ1n) is 9.69. The van der Waals surface area contributed by atoms with E-state index in [2.05, 4.69) is 0 Å². The van der Waals surface area contributed by atoms with Gasteiger partial charge in [-0.1, -0.05) is 0 Å². The second kappa shape index (κ2) is 6.99. The molecule has 1 aliphatic heterocycles. The fourth-order valence-corrected chi connectivity index (χ4v) is 4.02. The van der Waals surface area contributed by atoms with Gasteiger partial charge in [0.1, 0.15) is 17.2 Å². The molecule has 0 unspecified atom stereocenters. The van der Waals surface area contributed by atoms with Crippen LogP contribution < -0.4 is 0 Å². The first-order valence-corrected chi connectivity index (χ1v) is 9.69. The number of fused-ring (bicyclic) bond motifs is 3. The molecule has 0 saturated carbocycles. The molecule has 1 saturated heterocycles. The van der Waals surface area contributed by atoms with Crippen LogP contribution in [0.3, 0.4) is 0 Å². The summed E-state index contributed by atoms with van der Waals surface area (Å²) >= 11 is 0. The Hall–Kier alpha value is -2.67. The van der Waals surface area contributed by atoms with E-state index in [1.165, 1.54) is 24.3 Å². The van der Waals surface area contributed by atoms with Gasteiger partial charge in [0.2, 0.25) is 0 Å². The van der Waals surface area contributed by atoms with Crippen LogP contribution in [0.2, 0.25) is 0 Å². The van der Waals surface area contributed by atoms with E-state index >= 15 is 0 Å². The number of benzene rings is 2. The van der Waals surface area contributed by atoms with Gasteiger partial charge in [0, 0.05) is 34.9 Å². The Kier molecular flexibility index (Phi) is 4.73. The molecule has 4 rings (SSSR count). The van der Waals surface area contributed by atoms with Crippen LogP contribution in [0.4, 0.5) is 13.6 Å². The molecule has 1 fully saturated rings. The van der Waals surface area contributed by atoms with Gasteiger partial charge in [-0.15, -0.1) is 0 Å². The molecule has 29 heavy (non-hydrogen) atoms. The molecule has 3 aromatic rings. The van der Waals surface area contributed by atoms with Crippen molar-refractivity contribution in [2.75, 3.05) is 13.1 Å². The van der Waals surface area contributed by atoms with E-state index in [1.807, 2.05) is 4.57 Å². The molecule has 7 heteroatoms. The SMILES string of the molecule is CC(C)(C)OC(=O)N1CC[C@H](O)[C@@H](n2c3ccc(F)cc3c3cc(F)ccc32)C1. The van der Waals surface area contributed by atoms with Crippen molar-refractivity contribution in [3.8, 4) is 0 Å². The minimum Gasteiger partial charge on any atom is -0.444 e. The quantitative estimate of drug-likeness (QED) is 0.646. The zero-order valence-electron chi connectivity index (χ0n) is 16.7. The molecule has 1 aliphatic rings. The van der Waals surface area contributed by atoms with Gasteiger partial charge in [-0.05, 0) is 63.6 Å². The highest BCUT2D eigenvalue weighted by Gasteiger charge is 2.35. The Morgan fingerprint density at radius 3 is 2.14 bits per heavy atom. The van der Waals surface area contributed by atoms with Crippen LogP contribution in [0.5, 0.6) is 0 Å². The third kappa shape index (κ3) is 3.67. The zero-order valence-corrected chi connectivity index (χ0v) is 16.7. The number of hydrogen-bond donors (Lipinski definition) is 1. The predicted molar refractivity (Wildman–Crippen MR) is 107 cm³/mol. The van der Waals surface area contributed by atoms with E-state index in [4.69, 9.17) is 4.74 Å². The van der Waals surface area contributed by atoms with Crippen molar-refractivity contribution in [3.63, 3.8) is 0 Å². The van der Waals surface area contributed by atoms with E-state index in [0.29, 0.717) is 34.8 Å². The lowest BCUT2D eigenvalue weighted by Gasteiger charge is -2.38. The van der Waals surface area contributed by atoms with Crippen LogP contribution in [0, 0.1) is 11.6 Å². The van der Waals surface area contributed by atoms with Crippen LogP contribution in [0.15, 0.2) is 36.4 Å². The maximum Gasteiger partial charge on any atom is 0.410 e. The molecular weight excluding hydrogens is 378 g/mol. The van der Waals surface area contributed by atoms with Crippen molar-refractivity contribution in [1.82, 2.24) is 9.47 Å². The van der Waals surface area contributed by atoms with Crippen molar-refractivity contribution < 1.29 is 23.4 Å². The first-order chi connectivity index (χ1) is 13.6. The summed E-state index contributed by atoms with van der Waals surface area (Å²) in [6, 6.07) is 8.21. The average Bonchev–Trinajstić information content (AvgIpc) is 2.93. The van der Waals surface area contributed by atoms with Crippen molar-refractivity contribution in [2.45, 2.75) is 44.9 Å². The number of piperidine rings is 1. The second-order valence-corrected chi connectivity index (χ2v) is 8.54. The number of nitrogens with zero attached hydrogens (tertiary/aromatic N) is 2. The summed E-state index contributed by atoms with van der Waals surface area (Å²) in [7, 11) is 0. The first kappa shape index (κ1) is 19.6. The lowest BCUT2D eigenvalue weighted by molar-refractivity contribution is -0.00417. The fourth-order valence-electron chi connectivity index (χ4n) is 4.02. The molecule has 2 heterocycles. The highest BCUT2D eigenvalue weighted by atomic mass is 19.1. The lowest BCUT2D eigenvalue weighted by atomic mass is 10.0. The van der Waals surface area contributed by atoms with E-state index in [-0.39, 0.29) is 6.54 Å². The van der Waals surface area contributed by atoms with Crippen molar-refractivity contribution in [2.24, 2.45) is 0 Å². The molecule has 0 radical (unpaired) electrons. The maximum atomic E-state index is 13.9. The van der Waals surface area contributed by atoms with E-state index in [0.717, 1.165) is 0 Å². The Morgan fingerprint density at radius 2 is 1.62 bits per heavy atom. The van der Waals surface area contributed by atoms with Crippen LogP contribution in [-0.4, -0.2) is 45.5 Å². The normalized spacial score (nSPS) is 20.4. The zero-order chi connectivity index (χ0) is 20.9. The molecule has 1 amide bonds. The summed E-state index contributed by atoms with van der Waals surface area (Å²) in [6.45, 7) is 6.03. The van der Waals surface area contributed by atoms with Crippen LogP contribution >= 0.6 is 0 Å². The number of carbonyl (C=O) groups is 1. The molecule has 1 N–H and O–H groups in total. The minimum absolute atomic E-state index is 0.240. The maximum absolute atomic E-state index is 13.9. The molecule has 1 aromatic heterocycles. The molecule has 5 nitrogen and oxygen atoms in total. The number of halogens is 2. The predicted octanol–water partition coefficient (Wildman–Crippen LogP) is 4.62. The van der Waals surface area contributed by atoms with Gasteiger partial charge in [-0.25, -0.2) is 13.6 Å². The number of aliphatic hydroxyl groups is 1. The van der Waals surface area contributed by atoms with E-state index in [9.17, 15) is 18.7 Å². The molecule has 0 aliphatic carbocycles. The van der Waals surface area contributed by atoms with Crippen LogP contribution in [0.25, 0.3) is 21.8 Å². The Bertz CT molecular complexity index is 1030. The lowest BCUT2D eigenvalue weighted by Crippen LogP contribution is -2.48. The standard InChI is InChI=1S/C22H24F2N2O3/c1-22(2,3)29-21(28)25-9-8-20(27)19(12-25)26-17-6-4-13(23)10-15(17)16-11-14(24)5-7-18(16)26/h4-7,10-11,19-20,27H,8-9,12H2,1-3H3/t19-,20-/m0/s1. The van der Waals surface area contributed by atoms with Crippen molar-refractivity contribution >= 4 is 27.9 Å². The van der Waals surface area contributed by atoms with E-state index < -0.39 is 35.5 Å². The van der Waals surface area contributed by atoms with Gasteiger partial charge in [0.25, 0.3) is 0 Å². The van der Waals surface area contributed by atoms with Gasteiger partial charge in [0.15, 0.2) is 0 Å². The Labute approximate surface area is 167 Å². The molecule has 0 bridgehead atoms. The third-order valence-electron chi connectivity index (χ3n) is 5.26. The van der Waals surface area contributed by atoms with Crippen LogP contribution in [0.1, 0.15) is 33.2 Å². The third-order valence-corrected chi connectivity index (χ3v) is 5.26. The van der Waals surface area contributed by atoms with Gasteiger partial charge in [-0.2, -0.15) is 0 Å². The summed E-state index contributed by atoms with van der Waals surface area (Å²) in [5.74, 6) is -0.833. The smallest absolute Gasteiger partial charge is 0.410 e. The Morgan fingerprint density at radius 1 is 1.07 bits per heavy atom. The number of hydrogen-bond acceptors (Lipinski definition) is 3. The number of ether oxygens (including phenoxy) is 1. The number of amides is 1. The van der Waals surface area contributed by atoms with Gasteiger partial charge >= 0.3 is 6.09 Å². The van der Waals surface area contributed by atoms with Crippen molar-refractivity contribution in [1.29, 1.82) is 0 Å². The summed E-state index contributed by atoms with van der Waals surface area (Å²) < 4.78 is 35.2. The van der Waals surface area contributed by atoms with Gasteiger partial charge < -0.3 is 19.3 Å². The number of carbonyl (C=O) groups excluding carboxylic acids is 1. The topological polar surface area (TPSA) is 54.7 Å². The summed E-state index contributed by atoms with van der Waals surface area (Å²) in [5.41, 5.74) is 0.744. The highest BCUT2D eigenvalue weighted by Crippen LogP contribution is 2.36. The summed E-state index contributed by atoms with van der Waals surface area (Å²) in [5, 5.41) is 11.9. The van der Waals surface area contributed by atoms with Gasteiger partial charge in [-0.3, -0.25) is 0 Å². The number of likely N-dealkylation sites (tertiary alicyclic amines) is 1. The molecule has 2 atom stereocenters. The summed E-state index contributed by atoms with van der Waals surface area (Å²) in [4.78, 5) is 14.1. The largest absolute Gasteiger partial charge is 0.444 e. The Balaban J connectivity index is 1.80. The summed E-state index contributed by atoms with van der Waals surface area (Å²) in [6.07, 6.45) is -0.761. The second-order valence-electron chi connectivity index (χ2n) is 8.54. The highest BCUT2D eigenvalue weighted by molar-refractivity contribution is 6.08. The van der Waals surface area contributed by atoms with E-state index in [1.54, 1.807) is 37.8 Å². The number of aliphatic hydroxyl groups excluding tert-OH is 1. The fraction of sp³-hybridized carbons (Fsp3) is 0.409. The molecule has 0 spiro atoms. The number of rotatable bonds is 1. The minimum atomic E-state index is -0.706. The average molecular weight is 402 g/mol. The van der Waals surface area contributed by atoms with Gasteiger partial charge in [0.05, 0.1) is 12.1 Å². The van der Waals surface area contributed by atoms with Crippen LogP contribution in [-0.2, 0) is 4.74 Å². The number of aromatic nitrogens is 1. The molecule has 2 aromatic carbocycles. The van der Waals surface area contributed by atoms with Crippen molar-refractivity contribution in [3.05, 3.63) is 48.0 Å².